The number of anilines is 2. The minimum Gasteiger partial charge on any atom is -0.497 e. The van der Waals surface area contributed by atoms with Crippen LogP contribution in [0.2, 0.25) is 0 Å². The van der Waals surface area contributed by atoms with Crippen molar-refractivity contribution >= 4 is 39.3 Å². The summed E-state index contributed by atoms with van der Waals surface area (Å²) in [5, 5.41) is 21.6. The van der Waals surface area contributed by atoms with Crippen molar-refractivity contribution in [2.75, 3.05) is 12.4 Å². The van der Waals surface area contributed by atoms with Gasteiger partial charge in [0.1, 0.15) is 11.3 Å². The average molecular weight is 410 g/mol. The van der Waals surface area contributed by atoms with Gasteiger partial charge >= 0.3 is 5.97 Å². The molecule has 0 saturated heterocycles. The molecule has 5 rings (SSSR count). The molecule has 0 fully saturated rings. The summed E-state index contributed by atoms with van der Waals surface area (Å²) in [4.78, 5) is 15.8. The molecule has 0 radical (unpaired) electrons. The summed E-state index contributed by atoms with van der Waals surface area (Å²) >= 11 is 0. The van der Waals surface area contributed by atoms with E-state index < -0.39 is 5.97 Å². The quantitative estimate of drug-likeness (QED) is 0.367. The number of pyridine rings is 1. The largest absolute Gasteiger partial charge is 0.497 e. The predicted octanol–water partition coefficient (Wildman–Crippen LogP) is 5.23. The summed E-state index contributed by atoms with van der Waals surface area (Å²) in [5.74, 6) is 0.495. The van der Waals surface area contributed by atoms with Crippen molar-refractivity contribution in [2.24, 2.45) is 0 Å². The van der Waals surface area contributed by atoms with E-state index in [1.807, 2.05) is 48.7 Å². The Balaban J connectivity index is 1.46. The number of carboxylic acids is 1. The van der Waals surface area contributed by atoms with E-state index in [0.29, 0.717) is 5.82 Å². The highest BCUT2D eigenvalue weighted by Crippen LogP contribution is 2.32. The number of hydrogen-bond acceptors (Lipinski definition) is 5. The lowest BCUT2D eigenvalue weighted by Crippen LogP contribution is -1.96. The van der Waals surface area contributed by atoms with E-state index in [-0.39, 0.29) is 5.56 Å². The molecule has 0 amide bonds. The highest BCUT2D eigenvalue weighted by atomic mass is 16.5. The Kier molecular flexibility index (Phi) is 4.48. The van der Waals surface area contributed by atoms with Crippen LogP contribution < -0.4 is 10.1 Å². The third-order valence-electron chi connectivity index (χ3n) is 5.20. The van der Waals surface area contributed by atoms with Gasteiger partial charge in [-0.3, -0.25) is 5.10 Å². The summed E-state index contributed by atoms with van der Waals surface area (Å²) in [6, 6.07) is 20.4. The third-order valence-corrected chi connectivity index (χ3v) is 5.20. The van der Waals surface area contributed by atoms with E-state index in [1.165, 1.54) is 0 Å². The molecular formula is C24H18N4O3. The van der Waals surface area contributed by atoms with E-state index in [9.17, 15) is 4.79 Å². The maximum absolute atomic E-state index is 11.0. The second-order valence-corrected chi connectivity index (χ2v) is 7.08. The summed E-state index contributed by atoms with van der Waals surface area (Å²) in [6.07, 6.45) is 1.86. The zero-order chi connectivity index (χ0) is 21.4. The molecule has 0 aliphatic rings. The molecule has 31 heavy (non-hydrogen) atoms. The monoisotopic (exact) mass is 410 g/mol. The fourth-order valence-corrected chi connectivity index (χ4v) is 3.58. The summed E-state index contributed by atoms with van der Waals surface area (Å²) in [5.41, 5.74) is 4.66. The maximum atomic E-state index is 11.0. The third kappa shape index (κ3) is 3.42. The number of aromatic amines is 1. The highest BCUT2D eigenvalue weighted by molar-refractivity contribution is 6.09. The molecular weight excluding hydrogens is 392 g/mol. The SMILES string of the molecule is COc1ccc2nc(Nc3ccc(-c4ccc(C(=O)O)cc4)cc3)c3n[nH]cc3c2c1. The van der Waals surface area contributed by atoms with Gasteiger partial charge < -0.3 is 15.2 Å². The van der Waals surface area contributed by atoms with Crippen molar-refractivity contribution < 1.29 is 14.6 Å². The first kappa shape index (κ1) is 18.6. The second-order valence-electron chi connectivity index (χ2n) is 7.08. The lowest BCUT2D eigenvalue weighted by Gasteiger charge is -2.10. The molecule has 152 valence electrons. The van der Waals surface area contributed by atoms with Gasteiger partial charge in [0.05, 0.1) is 18.2 Å². The van der Waals surface area contributed by atoms with Crippen molar-refractivity contribution in [1.82, 2.24) is 15.2 Å². The number of fused-ring (bicyclic) bond motifs is 3. The van der Waals surface area contributed by atoms with Crippen LogP contribution in [0.3, 0.4) is 0 Å². The molecule has 0 saturated carbocycles. The van der Waals surface area contributed by atoms with Crippen LogP contribution in [-0.4, -0.2) is 33.4 Å². The van der Waals surface area contributed by atoms with Gasteiger partial charge in [0, 0.05) is 22.7 Å². The van der Waals surface area contributed by atoms with Gasteiger partial charge in [0.2, 0.25) is 0 Å². The smallest absolute Gasteiger partial charge is 0.335 e. The van der Waals surface area contributed by atoms with Crippen LogP contribution in [0.1, 0.15) is 10.4 Å². The number of nitrogens with zero attached hydrogens (tertiary/aromatic N) is 2. The van der Waals surface area contributed by atoms with Gasteiger partial charge in [-0.15, -0.1) is 0 Å². The number of carboxylic acid groups (broad SMARTS) is 1. The molecule has 0 spiro atoms. The first-order chi connectivity index (χ1) is 15.1. The molecule has 7 heteroatoms. The van der Waals surface area contributed by atoms with Gasteiger partial charge in [-0.1, -0.05) is 24.3 Å². The van der Waals surface area contributed by atoms with Crippen LogP contribution >= 0.6 is 0 Å². The molecule has 0 unspecified atom stereocenters. The Labute approximate surface area is 177 Å². The number of benzene rings is 3. The molecule has 3 aromatic carbocycles. The molecule has 5 aromatic rings. The molecule has 0 bridgehead atoms. The van der Waals surface area contributed by atoms with Crippen LogP contribution in [0.15, 0.2) is 72.9 Å². The number of H-pyrrole nitrogens is 1. The summed E-state index contributed by atoms with van der Waals surface area (Å²) in [6.45, 7) is 0. The van der Waals surface area contributed by atoms with E-state index in [1.54, 1.807) is 31.4 Å². The van der Waals surface area contributed by atoms with Gasteiger partial charge in [-0.05, 0) is 53.6 Å². The number of nitrogens with one attached hydrogen (secondary N) is 2. The van der Waals surface area contributed by atoms with E-state index in [2.05, 4.69) is 15.5 Å². The minimum absolute atomic E-state index is 0.269. The van der Waals surface area contributed by atoms with E-state index in [4.69, 9.17) is 14.8 Å². The lowest BCUT2D eigenvalue weighted by atomic mass is 10.0. The van der Waals surface area contributed by atoms with Gasteiger partial charge in [-0.25, -0.2) is 9.78 Å². The molecule has 2 heterocycles. The fraction of sp³-hybridized carbons (Fsp3) is 0.0417. The molecule has 2 aromatic heterocycles. The van der Waals surface area contributed by atoms with Crippen LogP contribution in [0, 0.1) is 0 Å². The molecule has 0 aliphatic carbocycles. The summed E-state index contributed by atoms with van der Waals surface area (Å²) < 4.78 is 5.34. The Morgan fingerprint density at radius 2 is 1.68 bits per heavy atom. The lowest BCUT2D eigenvalue weighted by molar-refractivity contribution is 0.0697. The number of methoxy groups -OCH3 is 1. The van der Waals surface area contributed by atoms with Crippen molar-refractivity contribution in [3.05, 3.63) is 78.5 Å². The Morgan fingerprint density at radius 3 is 2.35 bits per heavy atom. The Hall–Kier alpha value is -4.39. The van der Waals surface area contributed by atoms with Gasteiger partial charge in [-0.2, -0.15) is 5.10 Å². The fourth-order valence-electron chi connectivity index (χ4n) is 3.58. The van der Waals surface area contributed by atoms with E-state index >= 15 is 0 Å². The number of aromatic carboxylic acids is 1. The Morgan fingerprint density at radius 1 is 0.968 bits per heavy atom. The first-order valence-corrected chi connectivity index (χ1v) is 9.64. The second kappa shape index (κ2) is 7.46. The van der Waals surface area contributed by atoms with Crippen molar-refractivity contribution in [3.63, 3.8) is 0 Å². The van der Waals surface area contributed by atoms with E-state index in [0.717, 1.165) is 44.4 Å². The van der Waals surface area contributed by atoms with Crippen LogP contribution in [0.4, 0.5) is 11.5 Å². The van der Waals surface area contributed by atoms with Crippen molar-refractivity contribution in [2.45, 2.75) is 0 Å². The van der Waals surface area contributed by atoms with Gasteiger partial charge in [0.15, 0.2) is 5.82 Å². The molecule has 7 nitrogen and oxygen atoms in total. The van der Waals surface area contributed by atoms with Crippen LogP contribution in [0.5, 0.6) is 5.75 Å². The number of aromatic nitrogens is 3. The van der Waals surface area contributed by atoms with Crippen molar-refractivity contribution in [3.8, 4) is 16.9 Å². The van der Waals surface area contributed by atoms with Crippen LogP contribution in [0.25, 0.3) is 32.9 Å². The number of carbonyl (C=O) groups is 1. The summed E-state index contributed by atoms with van der Waals surface area (Å²) in [7, 11) is 1.64. The molecule has 0 atom stereocenters. The minimum atomic E-state index is -0.933. The van der Waals surface area contributed by atoms with Crippen molar-refractivity contribution in [1.29, 1.82) is 0 Å². The average Bonchev–Trinajstić information content (AvgIpc) is 3.30. The zero-order valence-electron chi connectivity index (χ0n) is 16.6. The maximum Gasteiger partial charge on any atom is 0.335 e. The van der Waals surface area contributed by atoms with Gasteiger partial charge in [0.25, 0.3) is 0 Å². The first-order valence-electron chi connectivity index (χ1n) is 9.64. The normalized spacial score (nSPS) is 11.0. The number of ether oxygens (including phenoxy) is 1. The number of hydrogen-bond donors (Lipinski definition) is 3. The number of rotatable bonds is 5. The predicted molar refractivity (Wildman–Crippen MR) is 120 cm³/mol. The van der Waals surface area contributed by atoms with Crippen LogP contribution in [-0.2, 0) is 0 Å². The topological polar surface area (TPSA) is 100 Å². The Bertz CT molecular complexity index is 1410. The highest BCUT2D eigenvalue weighted by Gasteiger charge is 2.12. The zero-order valence-corrected chi connectivity index (χ0v) is 16.6. The standard InChI is InChI=1S/C24H18N4O3/c1-31-18-10-11-21-19(12-18)20-13-25-28-22(20)23(27-21)26-17-8-6-15(7-9-17)14-2-4-16(5-3-14)24(29)30/h2-13H,1H3,(H,25,28)(H,26,27)(H,29,30). The molecule has 3 N–H and O–H groups in total. The molecule has 0 aliphatic heterocycles.